The number of piperidine rings is 1. The van der Waals surface area contributed by atoms with E-state index in [0.29, 0.717) is 18.5 Å². The van der Waals surface area contributed by atoms with Crippen LogP contribution in [-0.4, -0.2) is 43.1 Å². The number of nitrogens with zero attached hydrogens (tertiary/aromatic N) is 1. The van der Waals surface area contributed by atoms with Gasteiger partial charge in [0.1, 0.15) is 5.75 Å². The third-order valence-electron chi connectivity index (χ3n) is 4.53. The molecule has 4 nitrogen and oxygen atoms in total. The van der Waals surface area contributed by atoms with Crippen molar-refractivity contribution in [2.24, 2.45) is 5.92 Å². The van der Waals surface area contributed by atoms with Gasteiger partial charge in [-0.2, -0.15) is 0 Å². The van der Waals surface area contributed by atoms with E-state index in [4.69, 9.17) is 4.74 Å². The number of likely N-dealkylation sites (tertiary alicyclic amines) is 1. The zero-order valence-corrected chi connectivity index (χ0v) is 14.7. The van der Waals surface area contributed by atoms with Crippen molar-refractivity contribution in [3.63, 3.8) is 0 Å². The fourth-order valence-corrected chi connectivity index (χ4v) is 3.09. The summed E-state index contributed by atoms with van der Waals surface area (Å²) in [5.74, 6) is 1.22. The van der Waals surface area contributed by atoms with Crippen LogP contribution in [0.3, 0.4) is 0 Å². The lowest BCUT2D eigenvalue weighted by atomic mass is 9.99. The van der Waals surface area contributed by atoms with Crippen LogP contribution in [0, 0.1) is 12.8 Å². The Morgan fingerprint density at radius 2 is 1.83 bits per heavy atom. The molecule has 1 aliphatic heterocycles. The predicted molar refractivity (Wildman–Crippen MR) is 93.7 cm³/mol. The van der Waals surface area contributed by atoms with Crippen molar-refractivity contribution < 1.29 is 9.53 Å². The summed E-state index contributed by atoms with van der Waals surface area (Å²) < 4.78 is 5.54. The number of carbonyl (C=O) groups excluding carboxylic acids is 1. The molecule has 128 valence electrons. The topological polar surface area (TPSA) is 41.6 Å². The van der Waals surface area contributed by atoms with Gasteiger partial charge in [0.15, 0.2) is 6.61 Å². The van der Waals surface area contributed by atoms with Crippen LogP contribution in [0.2, 0.25) is 0 Å². The van der Waals surface area contributed by atoms with E-state index < -0.39 is 0 Å². The van der Waals surface area contributed by atoms with Crippen LogP contribution < -0.4 is 10.1 Å². The molecule has 1 atom stereocenters. The average Bonchev–Trinajstić information content (AvgIpc) is 2.55. The number of hydrogen-bond acceptors (Lipinski definition) is 3. The highest BCUT2D eigenvalue weighted by Gasteiger charge is 2.23. The maximum atomic E-state index is 12.0. The molecule has 0 bridgehead atoms. The van der Waals surface area contributed by atoms with Gasteiger partial charge in [-0.3, -0.25) is 9.69 Å². The van der Waals surface area contributed by atoms with Crippen molar-refractivity contribution in [2.75, 3.05) is 26.2 Å². The zero-order valence-electron chi connectivity index (χ0n) is 14.7. The summed E-state index contributed by atoms with van der Waals surface area (Å²) in [5.41, 5.74) is 1.18. The van der Waals surface area contributed by atoms with Crippen molar-refractivity contribution in [3.05, 3.63) is 29.8 Å². The number of nitrogens with one attached hydrogen (secondary N) is 1. The van der Waals surface area contributed by atoms with Gasteiger partial charge in [-0.15, -0.1) is 0 Å². The summed E-state index contributed by atoms with van der Waals surface area (Å²) in [6.45, 7) is 9.57. The molecule has 4 heteroatoms. The van der Waals surface area contributed by atoms with Crippen molar-refractivity contribution in [1.29, 1.82) is 0 Å². The second-order valence-electron chi connectivity index (χ2n) is 6.81. The Labute approximate surface area is 140 Å². The number of carbonyl (C=O) groups is 1. The minimum absolute atomic E-state index is 0.0479. The van der Waals surface area contributed by atoms with Crippen molar-refractivity contribution in [1.82, 2.24) is 10.2 Å². The number of aryl methyl sites for hydroxylation is 1. The van der Waals surface area contributed by atoms with E-state index in [1.54, 1.807) is 0 Å². The summed E-state index contributed by atoms with van der Waals surface area (Å²) in [6.07, 6.45) is 3.87. The first-order valence-corrected chi connectivity index (χ1v) is 8.76. The molecule has 1 aliphatic rings. The number of hydrogen-bond donors (Lipinski definition) is 1. The normalized spacial score (nSPS) is 17.0. The van der Waals surface area contributed by atoms with Crippen LogP contribution in [0.4, 0.5) is 0 Å². The summed E-state index contributed by atoms with van der Waals surface area (Å²) >= 11 is 0. The molecule has 1 heterocycles. The third-order valence-corrected chi connectivity index (χ3v) is 4.53. The van der Waals surface area contributed by atoms with Crippen LogP contribution in [0.15, 0.2) is 24.3 Å². The summed E-state index contributed by atoms with van der Waals surface area (Å²) in [6, 6.07) is 8.18. The molecular formula is C19H30N2O2. The van der Waals surface area contributed by atoms with Crippen LogP contribution in [0.5, 0.6) is 5.75 Å². The second-order valence-corrected chi connectivity index (χ2v) is 6.81. The SMILES string of the molecule is Cc1ccc(OCC(=O)NCC(C(C)C)N2CCCCC2)cc1. The monoisotopic (exact) mass is 318 g/mol. The number of amides is 1. The molecule has 1 saturated heterocycles. The molecule has 0 radical (unpaired) electrons. The Hall–Kier alpha value is -1.55. The molecule has 1 unspecified atom stereocenters. The van der Waals surface area contributed by atoms with Crippen LogP contribution >= 0.6 is 0 Å². The minimum atomic E-state index is -0.0479. The zero-order chi connectivity index (χ0) is 16.7. The van der Waals surface area contributed by atoms with Gasteiger partial charge in [0.25, 0.3) is 5.91 Å². The van der Waals surface area contributed by atoms with E-state index in [1.165, 1.54) is 24.8 Å². The van der Waals surface area contributed by atoms with E-state index in [-0.39, 0.29) is 12.5 Å². The Morgan fingerprint density at radius 1 is 1.17 bits per heavy atom. The molecule has 1 N–H and O–H groups in total. The maximum Gasteiger partial charge on any atom is 0.257 e. The van der Waals surface area contributed by atoms with Gasteiger partial charge < -0.3 is 10.1 Å². The van der Waals surface area contributed by atoms with Crippen LogP contribution in [0.25, 0.3) is 0 Å². The van der Waals surface area contributed by atoms with Gasteiger partial charge in [0.2, 0.25) is 0 Å². The molecule has 1 aromatic carbocycles. The number of rotatable bonds is 7. The second kappa shape index (κ2) is 8.92. The van der Waals surface area contributed by atoms with E-state index in [0.717, 1.165) is 18.8 Å². The van der Waals surface area contributed by atoms with Gasteiger partial charge in [0.05, 0.1) is 0 Å². The molecule has 0 aliphatic carbocycles. The summed E-state index contributed by atoms with van der Waals surface area (Å²) in [4.78, 5) is 14.6. The van der Waals surface area contributed by atoms with Crippen LogP contribution in [-0.2, 0) is 4.79 Å². The third kappa shape index (κ3) is 5.87. The number of benzene rings is 1. The highest BCUT2D eigenvalue weighted by Crippen LogP contribution is 2.17. The first-order valence-electron chi connectivity index (χ1n) is 8.76. The minimum Gasteiger partial charge on any atom is -0.484 e. The largest absolute Gasteiger partial charge is 0.484 e. The standard InChI is InChI=1S/C19H30N2O2/c1-15(2)18(21-11-5-4-6-12-21)13-20-19(22)14-23-17-9-7-16(3)8-10-17/h7-10,15,18H,4-6,11-14H2,1-3H3,(H,20,22). The van der Waals surface area contributed by atoms with Gasteiger partial charge in [-0.05, 0) is 50.9 Å². The van der Waals surface area contributed by atoms with Gasteiger partial charge in [0, 0.05) is 12.6 Å². The quantitative estimate of drug-likeness (QED) is 0.840. The van der Waals surface area contributed by atoms with Crippen molar-refractivity contribution >= 4 is 5.91 Å². The maximum absolute atomic E-state index is 12.0. The van der Waals surface area contributed by atoms with Crippen molar-refractivity contribution in [3.8, 4) is 5.75 Å². The molecular weight excluding hydrogens is 288 g/mol. The van der Waals surface area contributed by atoms with E-state index in [9.17, 15) is 4.79 Å². The van der Waals surface area contributed by atoms with E-state index in [2.05, 4.69) is 24.1 Å². The Kier molecular flexibility index (Phi) is 6.90. The Balaban J connectivity index is 1.75. The highest BCUT2D eigenvalue weighted by atomic mass is 16.5. The molecule has 2 rings (SSSR count). The summed E-state index contributed by atoms with van der Waals surface area (Å²) in [7, 11) is 0. The first-order chi connectivity index (χ1) is 11.1. The number of ether oxygens (including phenoxy) is 1. The lowest BCUT2D eigenvalue weighted by Gasteiger charge is -2.37. The molecule has 1 fully saturated rings. The first kappa shape index (κ1) is 17.8. The predicted octanol–water partition coefficient (Wildman–Crippen LogP) is 3.00. The smallest absolute Gasteiger partial charge is 0.257 e. The van der Waals surface area contributed by atoms with Gasteiger partial charge in [-0.25, -0.2) is 0 Å². The lowest BCUT2D eigenvalue weighted by Crippen LogP contribution is -2.49. The molecule has 23 heavy (non-hydrogen) atoms. The van der Waals surface area contributed by atoms with E-state index in [1.807, 2.05) is 31.2 Å². The Bertz CT molecular complexity index is 479. The van der Waals surface area contributed by atoms with Gasteiger partial charge >= 0.3 is 0 Å². The van der Waals surface area contributed by atoms with Gasteiger partial charge in [-0.1, -0.05) is 38.0 Å². The molecule has 0 saturated carbocycles. The highest BCUT2D eigenvalue weighted by molar-refractivity contribution is 5.77. The van der Waals surface area contributed by atoms with Crippen LogP contribution in [0.1, 0.15) is 38.7 Å². The lowest BCUT2D eigenvalue weighted by molar-refractivity contribution is -0.123. The fraction of sp³-hybridized carbons (Fsp3) is 0.632. The van der Waals surface area contributed by atoms with E-state index >= 15 is 0 Å². The molecule has 1 amide bonds. The molecule has 0 spiro atoms. The molecule has 1 aromatic rings. The molecule has 0 aromatic heterocycles. The van der Waals surface area contributed by atoms with Crippen molar-refractivity contribution in [2.45, 2.75) is 46.1 Å². The average molecular weight is 318 g/mol. The fourth-order valence-electron chi connectivity index (χ4n) is 3.09. The summed E-state index contributed by atoms with van der Waals surface area (Å²) in [5, 5.41) is 3.04. The Morgan fingerprint density at radius 3 is 2.43 bits per heavy atom.